The summed E-state index contributed by atoms with van der Waals surface area (Å²) in [7, 11) is 1.55. The van der Waals surface area contributed by atoms with Gasteiger partial charge in [-0.1, -0.05) is 28.1 Å². The van der Waals surface area contributed by atoms with Gasteiger partial charge in [-0.05, 0) is 43.3 Å². The molecule has 2 aromatic carbocycles. The fourth-order valence-corrected chi connectivity index (χ4v) is 3.49. The van der Waals surface area contributed by atoms with E-state index in [1.54, 1.807) is 18.6 Å². The van der Waals surface area contributed by atoms with Crippen LogP contribution >= 0.6 is 15.9 Å². The Morgan fingerprint density at radius 3 is 2.45 bits per heavy atom. The summed E-state index contributed by atoms with van der Waals surface area (Å²) in [5.41, 5.74) is 9.69. The minimum atomic E-state index is -0.558. The Morgan fingerprint density at radius 1 is 1.14 bits per heavy atom. The molecule has 4 aromatic rings. The van der Waals surface area contributed by atoms with E-state index >= 15 is 0 Å². The van der Waals surface area contributed by atoms with E-state index in [0.29, 0.717) is 22.2 Å². The van der Waals surface area contributed by atoms with E-state index < -0.39 is 12.1 Å². The number of aromatic nitrogens is 3. The Labute approximate surface area is 175 Å². The van der Waals surface area contributed by atoms with Crippen LogP contribution in [0.1, 0.15) is 17.3 Å². The highest BCUT2D eigenvalue weighted by molar-refractivity contribution is 9.10. The van der Waals surface area contributed by atoms with E-state index in [-0.39, 0.29) is 18.0 Å². The number of methoxy groups -OCH3 is 1. The summed E-state index contributed by atoms with van der Waals surface area (Å²) in [6.07, 6.45) is -0.425. The molecule has 0 radical (unpaired) electrons. The van der Waals surface area contributed by atoms with Gasteiger partial charge in [0.1, 0.15) is 23.0 Å². The van der Waals surface area contributed by atoms with Gasteiger partial charge in [0.2, 0.25) is 0 Å². The van der Waals surface area contributed by atoms with Crippen molar-refractivity contribution in [1.82, 2.24) is 14.5 Å². The van der Waals surface area contributed by atoms with Crippen LogP contribution in [0, 0.1) is 0 Å². The third-order valence-electron chi connectivity index (χ3n) is 4.50. The molecule has 7 nitrogen and oxygen atoms in total. The first kappa shape index (κ1) is 19.4. The summed E-state index contributed by atoms with van der Waals surface area (Å²) in [6.45, 7) is 2.04. The zero-order valence-corrected chi connectivity index (χ0v) is 17.5. The Balaban J connectivity index is 1.96. The molecule has 0 saturated carbocycles. The first-order valence-corrected chi connectivity index (χ1v) is 9.81. The molecule has 8 heteroatoms. The second-order valence-electron chi connectivity index (χ2n) is 6.63. The van der Waals surface area contributed by atoms with Crippen LogP contribution in [0.3, 0.4) is 0 Å². The van der Waals surface area contributed by atoms with E-state index in [4.69, 9.17) is 20.2 Å². The predicted molar refractivity (Wildman–Crippen MR) is 115 cm³/mol. The monoisotopic (exact) mass is 454 g/mol. The number of anilines is 1. The topological polar surface area (TPSA) is 92.3 Å². The van der Waals surface area contributed by atoms with Crippen molar-refractivity contribution in [2.75, 3.05) is 19.5 Å². The molecule has 0 fully saturated rings. The smallest absolute Gasteiger partial charge is 0.344 e. The molecule has 1 atom stereocenters. The van der Waals surface area contributed by atoms with Gasteiger partial charge in [0, 0.05) is 17.3 Å². The zero-order valence-electron chi connectivity index (χ0n) is 15.9. The maximum absolute atomic E-state index is 13.0. The van der Waals surface area contributed by atoms with E-state index in [2.05, 4.69) is 20.9 Å². The highest BCUT2D eigenvalue weighted by atomic mass is 79.9. The van der Waals surface area contributed by atoms with Gasteiger partial charge in [-0.2, -0.15) is 0 Å². The number of nitrogens with two attached hydrogens (primary N) is 1. The molecule has 0 aliphatic rings. The average Bonchev–Trinajstić information content (AvgIpc) is 2.98. The van der Waals surface area contributed by atoms with Crippen LogP contribution in [0.15, 0.2) is 53.0 Å². The van der Waals surface area contributed by atoms with Gasteiger partial charge in [-0.3, -0.25) is 4.57 Å². The van der Waals surface area contributed by atoms with Crippen molar-refractivity contribution in [1.29, 1.82) is 0 Å². The van der Waals surface area contributed by atoms with Gasteiger partial charge in [-0.25, -0.2) is 14.8 Å². The zero-order chi connectivity index (χ0) is 20.5. The Kier molecular flexibility index (Phi) is 5.21. The number of nitrogens with zero attached hydrogens (tertiary/aromatic N) is 3. The van der Waals surface area contributed by atoms with Crippen LogP contribution in [0.2, 0.25) is 0 Å². The highest BCUT2D eigenvalue weighted by Crippen LogP contribution is 2.32. The number of fused-ring (bicyclic) bond motifs is 2. The maximum atomic E-state index is 13.0. The van der Waals surface area contributed by atoms with Crippen molar-refractivity contribution in [3.8, 4) is 5.69 Å². The quantitative estimate of drug-likeness (QED) is 0.456. The molecule has 0 bridgehead atoms. The molecule has 2 N–H and O–H groups in total. The molecular weight excluding hydrogens is 436 g/mol. The largest absolute Gasteiger partial charge is 0.456 e. The van der Waals surface area contributed by atoms with Crippen LogP contribution < -0.4 is 5.73 Å². The number of carbonyl (C=O) groups is 1. The molecule has 0 amide bonds. The number of rotatable bonds is 5. The van der Waals surface area contributed by atoms with Gasteiger partial charge in [0.15, 0.2) is 5.65 Å². The van der Waals surface area contributed by atoms with Crippen molar-refractivity contribution in [3.63, 3.8) is 0 Å². The highest BCUT2D eigenvalue weighted by Gasteiger charge is 2.27. The van der Waals surface area contributed by atoms with Crippen LogP contribution in [-0.4, -0.2) is 40.3 Å². The second kappa shape index (κ2) is 7.81. The number of para-hydroxylation sites is 2. The van der Waals surface area contributed by atoms with E-state index in [9.17, 15) is 4.79 Å². The molecule has 2 aromatic heterocycles. The molecule has 148 valence electrons. The van der Waals surface area contributed by atoms with Gasteiger partial charge >= 0.3 is 5.97 Å². The lowest BCUT2D eigenvalue weighted by atomic mass is 10.2. The van der Waals surface area contributed by atoms with E-state index in [1.165, 1.54) is 0 Å². The summed E-state index contributed by atoms with van der Waals surface area (Å²) >= 11 is 3.43. The third-order valence-corrected chi connectivity index (χ3v) is 5.03. The number of hydrogen-bond acceptors (Lipinski definition) is 6. The lowest BCUT2D eigenvalue weighted by Gasteiger charge is -2.12. The average molecular weight is 455 g/mol. The number of carbonyl (C=O) groups excluding carboxylic acids is 1. The minimum Gasteiger partial charge on any atom is -0.456 e. The maximum Gasteiger partial charge on any atom is 0.344 e. The summed E-state index contributed by atoms with van der Waals surface area (Å²) in [6, 6.07) is 15.0. The van der Waals surface area contributed by atoms with Crippen molar-refractivity contribution in [2.24, 2.45) is 0 Å². The number of halogens is 1. The summed E-state index contributed by atoms with van der Waals surface area (Å²) in [5.74, 6) is -0.329. The van der Waals surface area contributed by atoms with Gasteiger partial charge in [0.25, 0.3) is 0 Å². The van der Waals surface area contributed by atoms with Crippen LogP contribution in [-0.2, 0) is 9.47 Å². The third kappa shape index (κ3) is 3.56. The van der Waals surface area contributed by atoms with E-state index in [0.717, 1.165) is 10.2 Å². The van der Waals surface area contributed by atoms with Crippen molar-refractivity contribution < 1.29 is 14.3 Å². The number of benzene rings is 2. The fourth-order valence-electron chi connectivity index (χ4n) is 3.22. The van der Waals surface area contributed by atoms with Crippen molar-refractivity contribution in [3.05, 3.63) is 58.6 Å². The summed E-state index contributed by atoms with van der Waals surface area (Å²) in [4.78, 5) is 22.4. The molecule has 0 aliphatic carbocycles. The van der Waals surface area contributed by atoms with Gasteiger partial charge < -0.3 is 15.2 Å². The lowest BCUT2D eigenvalue weighted by molar-refractivity contribution is 0.0123. The summed E-state index contributed by atoms with van der Waals surface area (Å²) in [5, 5.41) is 0. The molecule has 29 heavy (non-hydrogen) atoms. The Bertz CT molecular complexity index is 1200. The first-order valence-electron chi connectivity index (χ1n) is 9.02. The molecule has 0 unspecified atom stereocenters. The normalized spacial score (nSPS) is 12.4. The number of ether oxygens (including phenoxy) is 2. The Hall–Kier alpha value is -2.97. The van der Waals surface area contributed by atoms with E-state index in [1.807, 2.05) is 48.5 Å². The van der Waals surface area contributed by atoms with Crippen LogP contribution in [0.5, 0.6) is 0 Å². The second-order valence-corrected chi connectivity index (χ2v) is 7.54. The Morgan fingerprint density at radius 2 is 1.79 bits per heavy atom. The SMILES string of the molecule is COC[C@H](C)OC(=O)c1c(N)n(-c2ccc(Br)cc2)c2nc3ccccc3nc12. The van der Waals surface area contributed by atoms with Gasteiger partial charge in [0.05, 0.1) is 17.6 Å². The molecule has 0 spiro atoms. The van der Waals surface area contributed by atoms with Crippen LogP contribution in [0.25, 0.3) is 27.9 Å². The number of esters is 1. The number of nitrogen functional groups attached to an aromatic ring is 1. The van der Waals surface area contributed by atoms with Crippen molar-refractivity contribution >= 4 is 49.9 Å². The fraction of sp³-hybridized carbons (Fsp3) is 0.190. The molecule has 4 rings (SSSR count). The minimum absolute atomic E-state index is 0.198. The lowest BCUT2D eigenvalue weighted by Crippen LogP contribution is -2.20. The van der Waals surface area contributed by atoms with Crippen LogP contribution in [0.4, 0.5) is 5.82 Å². The van der Waals surface area contributed by atoms with Crippen molar-refractivity contribution in [2.45, 2.75) is 13.0 Å². The molecule has 0 aliphatic heterocycles. The number of hydrogen-bond donors (Lipinski definition) is 1. The summed E-state index contributed by atoms with van der Waals surface area (Å²) < 4.78 is 13.2. The van der Waals surface area contributed by atoms with Gasteiger partial charge in [-0.15, -0.1) is 0 Å². The standard InChI is InChI=1S/C21H19BrN4O3/c1-12(11-28-2)29-21(27)17-18-20(25-16-6-4-3-5-15(16)24-18)26(19(17)23)14-9-7-13(22)8-10-14/h3-10,12H,11,23H2,1-2H3/t12-/m0/s1. The first-order chi connectivity index (χ1) is 14.0. The predicted octanol–water partition coefficient (Wildman–Crippen LogP) is 4.11. The molecule has 2 heterocycles. The molecule has 0 saturated heterocycles. The molecular formula is C21H19BrN4O3.